The van der Waals surface area contributed by atoms with Crippen molar-refractivity contribution in [3.05, 3.63) is 67.8 Å². The summed E-state index contributed by atoms with van der Waals surface area (Å²) in [5, 5.41) is 22.1. The SMILES string of the molecule is Cc1cccc(C)c1Oc1c([N+](=O)[O-])cccc1[N+](=O)[O-]. The Balaban J connectivity index is 2.62. The molecule has 0 aliphatic carbocycles. The smallest absolute Gasteiger partial charge is 0.318 e. The molecule has 0 aromatic heterocycles. The highest BCUT2D eigenvalue weighted by molar-refractivity contribution is 5.62. The Morgan fingerprint density at radius 2 is 1.24 bits per heavy atom. The zero-order chi connectivity index (χ0) is 15.6. The molecule has 7 heteroatoms. The highest BCUT2D eigenvalue weighted by atomic mass is 16.6. The van der Waals surface area contributed by atoms with Crippen LogP contribution in [0, 0.1) is 34.1 Å². The van der Waals surface area contributed by atoms with Crippen molar-refractivity contribution >= 4 is 11.4 Å². The Morgan fingerprint density at radius 1 is 0.810 bits per heavy atom. The first-order chi connectivity index (χ1) is 9.91. The van der Waals surface area contributed by atoms with E-state index in [0.29, 0.717) is 5.75 Å². The van der Waals surface area contributed by atoms with Gasteiger partial charge in [-0.25, -0.2) is 0 Å². The molecule has 0 saturated carbocycles. The van der Waals surface area contributed by atoms with Crippen LogP contribution in [0.25, 0.3) is 0 Å². The average molecular weight is 288 g/mol. The number of hydrogen-bond donors (Lipinski definition) is 0. The lowest BCUT2D eigenvalue weighted by Crippen LogP contribution is -2.00. The van der Waals surface area contributed by atoms with E-state index in [-0.39, 0.29) is 5.75 Å². The number of nitro benzene ring substituents is 2. The van der Waals surface area contributed by atoms with E-state index in [1.54, 1.807) is 26.0 Å². The van der Waals surface area contributed by atoms with Gasteiger partial charge < -0.3 is 4.74 Å². The monoisotopic (exact) mass is 288 g/mol. The van der Waals surface area contributed by atoms with Gasteiger partial charge in [0.2, 0.25) is 0 Å². The minimum absolute atomic E-state index is 0.357. The summed E-state index contributed by atoms with van der Waals surface area (Å²) < 4.78 is 5.54. The standard InChI is InChI=1S/C14H12N2O5/c1-9-5-3-6-10(2)13(9)21-14-11(15(17)18)7-4-8-12(14)16(19)20/h3-8H,1-2H3. The summed E-state index contributed by atoms with van der Waals surface area (Å²) in [7, 11) is 0. The second kappa shape index (κ2) is 5.58. The molecule has 108 valence electrons. The Labute approximate surface area is 120 Å². The van der Waals surface area contributed by atoms with Crippen LogP contribution in [0.3, 0.4) is 0 Å². The number of para-hydroxylation sites is 2. The van der Waals surface area contributed by atoms with Gasteiger partial charge in [-0.05, 0) is 31.0 Å². The zero-order valence-corrected chi connectivity index (χ0v) is 11.4. The van der Waals surface area contributed by atoms with Gasteiger partial charge in [0.25, 0.3) is 5.75 Å². The second-order valence-corrected chi connectivity index (χ2v) is 4.46. The van der Waals surface area contributed by atoms with Gasteiger partial charge in [-0.1, -0.05) is 18.2 Å². The number of aryl methyl sites for hydroxylation is 2. The summed E-state index contributed by atoms with van der Waals surface area (Å²) in [6.45, 7) is 3.53. The number of hydrogen-bond acceptors (Lipinski definition) is 5. The molecule has 0 heterocycles. The van der Waals surface area contributed by atoms with Crippen molar-refractivity contribution in [3.63, 3.8) is 0 Å². The fourth-order valence-electron chi connectivity index (χ4n) is 1.97. The van der Waals surface area contributed by atoms with Gasteiger partial charge >= 0.3 is 11.4 Å². The lowest BCUT2D eigenvalue weighted by Gasteiger charge is -2.11. The zero-order valence-electron chi connectivity index (χ0n) is 11.4. The summed E-state index contributed by atoms with van der Waals surface area (Å²) in [6.07, 6.45) is 0. The van der Waals surface area contributed by atoms with Crippen LogP contribution in [0.2, 0.25) is 0 Å². The van der Waals surface area contributed by atoms with Gasteiger partial charge in [-0.2, -0.15) is 0 Å². The average Bonchev–Trinajstić information content (AvgIpc) is 2.42. The third kappa shape index (κ3) is 2.81. The molecule has 2 rings (SSSR count). The van der Waals surface area contributed by atoms with Crippen LogP contribution < -0.4 is 4.74 Å². The van der Waals surface area contributed by atoms with E-state index < -0.39 is 21.2 Å². The quantitative estimate of drug-likeness (QED) is 0.627. The van der Waals surface area contributed by atoms with E-state index in [9.17, 15) is 20.2 Å². The lowest BCUT2D eigenvalue weighted by molar-refractivity contribution is -0.395. The Bertz CT molecular complexity index is 675. The first kappa shape index (κ1) is 14.4. The molecule has 7 nitrogen and oxygen atoms in total. The first-order valence-electron chi connectivity index (χ1n) is 6.07. The Morgan fingerprint density at radius 3 is 1.67 bits per heavy atom. The van der Waals surface area contributed by atoms with Crippen LogP contribution >= 0.6 is 0 Å². The van der Waals surface area contributed by atoms with Crippen LogP contribution in [0.15, 0.2) is 36.4 Å². The Hall–Kier alpha value is -2.96. The molecule has 0 spiro atoms. The molecule has 0 bridgehead atoms. The van der Waals surface area contributed by atoms with E-state index in [4.69, 9.17) is 4.74 Å². The van der Waals surface area contributed by atoms with Crippen molar-refractivity contribution in [2.75, 3.05) is 0 Å². The third-order valence-corrected chi connectivity index (χ3v) is 2.98. The summed E-state index contributed by atoms with van der Waals surface area (Å²) >= 11 is 0. The molecule has 0 aliphatic heterocycles. The number of rotatable bonds is 4. The summed E-state index contributed by atoms with van der Waals surface area (Å²) in [4.78, 5) is 20.7. The third-order valence-electron chi connectivity index (χ3n) is 2.98. The topological polar surface area (TPSA) is 95.5 Å². The van der Waals surface area contributed by atoms with Crippen LogP contribution in [-0.4, -0.2) is 9.85 Å². The molecular weight excluding hydrogens is 276 g/mol. The normalized spacial score (nSPS) is 10.2. The maximum atomic E-state index is 11.1. The highest BCUT2D eigenvalue weighted by Gasteiger charge is 2.27. The molecule has 2 aromatic carbocycles. The lowest BCUT2D eigenvalue weighted by atomic mass is 10.1. The Kier molecular flexibility index (Phi) is 3.84. The van der Waals surface area contributed by atoms with Crippen LogP contribution in [0.5, 0.6) is 11.5 Å². The molecular formula is C14H12N2O5. The van der Waals surface area contributed by atoms with E-state index in [1.165, 1.54) is 18.2 Å². The predicted octanol–water partition coefficient (Wildman–Crippen LogP) is 3.91. The van der Waals surface area contributed by atoms with Gasteiger partial charge in [0.1, 0.15) is 5.75 Å². The molecule has 0 amide bonds. The van der Waals surface area contributed by atoms with Crippen molar-refractivity contribution < 1.29 is 14.6 Å². The van der Waals surface area contributed by atoms with Gasteiger partial charge in [-0.3, -0.25) is 20.2 Å². The van der Waals surface area contributed by atoms with Crippen LogP contribution in [0.4, 0.5) is 11.4 Å². The predicted molar refractivity (Wildman–Crippen MR) is 75.7 cm³/mol. The summed E-state index contributed by atoms with van der Waals surface area (Å²) in [5.74, 6) is 0.0276. The summed E-state index contributed by atoms with van der Waals surface area (Å²) in [5.41, 5.74) is 0.601. The van der Waals surface area contributed by atoms with Crippen molar-refractivity contribution in [2.45, 2.75) is 13.8 Å². The van der Waals surface area contributed by atoms with E-state index in [2.05, 4.69) is 0 Å². The largest absolute Gasteiger partial charge is 0.444 e. The number of nitro groups is 2. The first-order valence-corrected chi connectivity index (χ1v) is 6.07. The van der Waals surface area contributed by atoms with Crippen LogP contribution in [0.1, 0.15) is 11.1 Å². The molecule has 0 saturated heterocycles. The van der Waals surface area contributed by atoms with E-state index >= 15 is 0 Å². The molecule has 2 aromatic rings. The number of ether oxygens (including phenoxy) is 1. The second-order valence-electron chi connectivity index (χ2n) is 4.46. The van der Waals surface area contributed by atoms with Gasteiger partial charge in [0.05, 0.1) is 9.85 Å². The number of benzene rings is 2. The van der Waals surface area contributed by atoms with Crippen molar-refractivity contribution in [2.24, 2.45) is 0 Å². The molecule has 0 fully saturated rings. The minimum atomic E-state index is -0.698. The molecule has 0 atom stereocenters. The van der Waals surface area contributed by atoms with Crippen molar-refractivity contribution in [1.82, 2.24) is 0 Å². The van der Waals surface area contributed by atoms with Gasteiger partial charge in [0, 0.05) is 12.1 Å². The number of nitrogens with zero attached hydrogens (tertiary/aromatic N) is 2. The molecule has 21 heavy (non-hydrogen) atoms. The van der Waals surface area contributed by atoms with Gasteiger partial charge in [0.15, 0.2) is 0 Å². The maximum absolute atomic E-state index is 11.1. The van der Waals surface area contributed by atoms with Crippen molar-refractivity contribution in [1.29, 1.82) is 0 Å². The fourth-order valence-corrected chi connectivity index (χ4v) is 1.97. The highest BCUT2D eigenvalue weighted by Crippen LogP contribution is 2.41. The molecule has 0 radical (unpaired) electrons. The van der Waals surface area contributed by atoms with Crippen molar-refractivity contribution in [3.8, 4) is 11.5 Å². The summed E-state index contributed by atoms with van der Waals surface area (Å²) in [6, 6.07) is 8.96. The van der Waals surface area contributed by atoms with E-state index in [0.717, 1.165) is 11.1 Å². The molecule has 0 aliphatic rings. The van der Waals surface area contributed by atoms with Gasteiger partial charge in [-0.15, -0.1) is 0 Å². The fraction of sp³-hybridized carbons (Fsp3) is 0.143. The minimum Gasteiger partial charge on any atom is -0.444 e. The van der Waals surface area contributed by atoms with E-state index in [1.807, 2.05) is 6.07 Å². The van der Waals surface area contributed by atoms with Crippen LogP contribution in [-0.2, 0) is 0 Å². The molecule has 0 N–H and O–H groups in total. The molecule has 0 unspecified atom stereocenters. The maximum Gasteiger partial charge on any atom is 0.318 e.